The van der Waals surface area contributed by atoms with Crippen LogP contribution in [-0.4, -0.2) is 23.2 Å². The van der Waals surface area contributed by atoms with Crippen molar-refractivity contribution in [2.45, 2.75) is 9.79 Å². The van der Waals surface area contributed by atoms with Gasteiger partial charge in [-0.2, -0.15) is 3.71 Å². The molecule has 0 atom stereocenters. The van der Waals surface area contributed by atoms with Crippen LogP contribution in [0.2, 0.25) is 30.1 Å². The second kappa shape index (κ2) is 12.0. The number of anilines is 3. The van der Waals surface area contributed by atoms with Crippen molar-refractivity contribution >= 4 is 113 Å². The van der Waals surface area contributed by atoms with Gasteiger partial charge in [-0.3, -0.25) is 9.69 Å². The molecule has 0 heterocycles. The summed E-state index contributed by atoms with van der Waals surface area (Å²) in [6.45, 7) is 0. The minimum absolute atomic E-state index is 0.0482. The van der Waals surface area contributed by atoms with Crippen LogP contribution < -0.4 is 8.61 Å². The lowest BCUT2D eigenvalue weighted by Gasteiger charge is -2.26. The molecule has 4 aromatic carbocycles. The molecule has 4 rings (SSSR count). The molecular formula is C25H14Cl6N2O5S2. The lowest BCUT2D eigenvalue weighted by atomic mass is 10.2. The monoisotopic (exact) mass is 696 g/mol. The zero-order chi connectivity index (χ0) is 29.4. The molecule has 208 valence electrons. The largest absolute Gasteiger partial charge is 0.283 e. The van der Waals surface area contributed by atoms with Gasteiger partial charge < -0.3 is 0 Å². The van der Waals surface area contributed by atoms with E-state index in [1.54, 1.807) is 0 Å². The quantitative estimate of drug-likeness (QED) is 0.172. The first kappa shape index (κ1) is 30.7. The van der Waals surface area contributed by atoms with Crippen LogP contribution in [0.1, 0.15) is 0 Å². The Morgan fingerprint density at radius 2 is 0.875 bits per heavy atom. The Hall–Kier alpha value is -2.21. The fourth-order valence-electron chi connectivity index (χ4n) is 3.66. The van der Waals surface area contributed by atoms with Crippen LogP contribution >= 0.6 is 69.6 Å². The molecule has 4 aromatic rings. The van der Waals surface area contributed by atoms with Crippen LogP contribution in [0.4, 0.5) is 17.1 Å². The fourth-order valence-corrected chi connectivity index (χ4v) is 9.30. The molecular weight excluding hydrogens is 685 g/mol. The van der Waals surface area contributed by atoms with Crippen LogP contribution in [0.15, 0.2) is 88.7 Å². The van der Waals surface area contributed by atoms with Crippen LogP contribution in [0, 0.1) is 0 Å². The molecule has 7 nitrogen and oxygen atoms in total. The van der Waals surface area contributed by atoms with Gasteiger partial charge in [0, 0.05) is 30.1 Å². The molecule has 0 unspecified atom stereocenters. The standard InChI is InChI=1S/C25H14Cl6N2O5S2/c26-15-4-16(27)8-23(7-15)32(14-34)21-2-1-3-22(13-21)33(39(35,36)24-9-17(28)5-18(29)10-24)40(37,38)25-11-19(30)6-20(31)12-25/h1-14H. The van der Waals surface area contributed by atoms with E-state index in [0.29, 0.717) is 6.41 Å². The van der Waals surface area contributed by atoms with Gasteiger partial charge in [0.05, 0.1) is 26.9 Å². The molecule has 0 aliphatic rings. The lowest BCUT2D eigenvalue weighted by Crippen LogP contribution is -2.37. The summed E-state index contributed by atoms with van der Waals surface area (Å²) in [7, 11) is -9.83. The summed E-state index contributed by atoms with van der Waals surface area (Å²) in [5.74, 6) is 0. The van der Waals surface area contributed by atoms with Gasteiger partial charge in [-0.05, 0) is 72.8 Å². The molecule has 1 amide bonds. The SMILES string of the molecule is O=CN(c1cc(Cl)cc(Cl)c1)c1cccc(N(S(=O)(=O)c2cc(Cl)cc(Cl)c2)S(=O)(=O)c2cc(Cl)cc(Cl)c2)c1. The normalized spacial score (nSPS) is 11.8. The first-order valence-corrected chi connectivity index (χ1v) is 15.9. The number of benzene rings is 4. The Morgan fingerprint density at radius 1 is 0.500 bits per heavy atom. The minimum atomic E-state index is -4.92. The number of amides is 1. The molecule has 0 radical (unpaired) electrons. The third kappa shape index (κ3) is 6.48. The smallest absolute Gasteiger partial charge is 0.277 e. The molecule has 0 spiro atoms. The van der Waals surface area contributed by atoms with Crippen molar-refractivity contribution in [3.05, 3.63) is 109 Å². The van der Waals surface area contributed by atoms with Crippen molar-refractivity contribution < 1.29 is 21.6 Å². The van der Waals surface area contributed by atoms with E-state index in [1.165, 1.54) is 54.6 Å². The maximum atomic E-state index is 14.0. The topological polar surface area (TPSA) is 91.8 Å². The number of carbonyl (C=O) groups is 1. The Bertz CT molecular complexity index is 1710. The molecule has 15 heteroatoms. The maximum Gasteiger partial charge on any atom is 0.277 e. The van der Waals surface area contributed by atoms with Crippen LogP contribution in [0.3, 0.4) is 0 Å². The number of rotatable bonds is 8. The van der Waals surface area contributed by atoms with E-state index in [-0.39, 0.29) is 50.9 Å². The number of nitrogens with zero attached hydrogens (tertiary/aromatic N) is 2. The third-order valence-corrected chi connectivity index (χ3v) is 10.7. The first-order chi connectivity index (χ1) is 18.7. The van der Waals surface area contributed by atoms with Crippen molar-refractivity contribution in [1.82, 2.24) is 0 Å². The molecule has 0 N–H and O–H groups in total. The van der Waals surface area contributed by atoms with Crippen molar-refractivity contribution in [1.29, 1.82) is 0 Å². The van der Waals surface area contributed by atoms with E-state index in [4.69, 9.17) is 69.6 Å². The summed E-state index contributed by atoms with van der Waals surface area (Å²) in [4.78, 5) is 12.2. The fraction of sp³-hybridized carbons (Fsp3) is 0. The predicted molar refractivity (Wildman–Crippen MR) is 161 cm³/mol. The molecule has 0 aliphatic carbocycles. The van der Waals surface area contributed by atoms with Gasteiger partial charge in [0.1, 0.15) is 0 Å². The van der Waals surface area contributed by atoms with Gasteiger partial charge in [0.15, 0.2) is 0 Å². The van der Waals surface area contributed by atoms with Gasteiger partial charge >= 0.3 is 0 Å². The highest BCUT2D eigenvalue weighted by molar-refractivity contribution is 8.10. The van der Waals surface area contributed by atoms with Gasteiger partial charge in [-0.1, -0.05) is 75.7 Å². The average Bonchev–Trinajstić information content (AvgIpc) is 2.83. The molecule has 0 saturated heterocycles. The third-order valence-electron chi connectivity index (χ3n) is 5.25. The summed E-state index contributed by atoms with van der Waals surface area (Å²) < 4.78 is 56.1. The number of halogens is 6. The van der Waals surface area contributed by atoms with Gasteiger partial charge in [0.25, 0.3) is 20.0 Å². The minimum Gasteiger partial charge on any atom is -0.283 e. The van der Waals surface area contributed by atoms with Crippen molar-refractivity contribution in [3.63, 3.8) is 0 Å². The number of hydrogen-bond acceptors (Lipinski definition) is 5. The molecule has 0 aliphatic heterocycles. The van der Waals surface area contributed by atoms with Gasteiger partial charge in [-0.15, -0.1) is 0 Å². The molecule has 0 aromatic heterocycles. The Morgan fingerprint density at radius 3 is 1.27 bits per heavy atom. The maximum absolute atomic E-state index is 14.0. The van der Waals surface area contributed by atoms with Crippen LogP contribution in [-0.2, 0) is 24.8 Å². The molecule has 0 fully saturated rings. The highest BCUT2D eigenvalue weighted by atomic mass is 35.5. The van der Waals surface area contributed by atoms with Crippen LogP contribution in [0.25, 0.3) is 0 Å². The van der Waals surface area contributed by atoms with Crippen molar-refractivity contribution in [2.24, 2.45) is 0 Å². The van der Waals surface area contributed by atoms with E-state index >= 15 is 0 Å². The van der Waals surface area contributed by atoms with Gasteiger partial charge in [0.2, 0.25) is 6.41 Å². The molecule has 0 saturated carbocycles. The van der Waals surface area contributed by atoms with Crippen molar-refractivity contribution in [3.8, 4) is 0 Å². The summed E-state index contributed by atoms with van der Waals surface area (Å²) in [5.41, 5.74) is -0.0238. The molecule has 0 bridgehead atoms. The Labute approximate surface area is 260 Å². The average molecular weight is 699 g/mol. The van der Waals surface area contributed by atoms with Crippen LogP contribution in [0.5, 0.6) is 0 Å². The van der Waals surface area contributed by atoms with E-state index < -0.39 is 29.8 Å². The number of hydrogen-bond donors (Lipinski definition) is 0. The van der Waals surface area contributed by atoms with Gasteiger partial charge in [-0.25, -0.2) is 16.8 Å². The zero-order valence-corrected chi connectivity index (χ0v) is 25.8. The van der Waals surface area contributed by atoms with E-state index in [2.05, 4.69) is 0 Å². The van der Waals surface area contributed by atoms with E-state index in [0.717, 1.165) is 29.2 Å². The summed E-state index contributed by atoms with van der Waals surface area (Å²) in [5, 5.41) is 0.266. The first-order valence-electron chi connectivity index (χ1n) is 10.8. The molecule has 40 heavy (non-hydrogen) atoms. The number of sulfonamides is 2. The highest BCUT2D eigenvalue weighted by Crippen LogP contribution is 2.37. The Balaban J connectivity index is 1.98. The van der Waals surface area contributed by atoms with E-state index in [1.807, 2.05) is 0 Å². The van der Waals surface area contributed by atoms with E-state index in [9.17, 15) is 21.6 Å². The predicted octanol–water partition coefficient (Wildman–Crippen LogP) is 8.49. The highest BCUT2D eigenvalue weighted by Gasteiger charge is 2.38. The summed E-state index contributed by atoms with van der Waals surface area (Å²) in [6.07, 6.45) is 0.432. The Kier molecular flexibility index (Phi) is 9.19. The summed E-state index contributed by atoms with van der Waals surface area (Å²) >= 11 is 36.3. The summed E-state index contributed by atoms with van der Waals surface area (Å²) in [6, 6.07) is 16.3. The second-order valence-electron chi connectivity index (χ2n) is 8.04. The lowest BCUT2D eigenvalue weighted by molar-refractivity contribution is -0.106. The van der Waals surface area contributed by atoms with Crippen molar-refractivity contribution in [2.75, 3.05) is 8.61 Å². The zero-order valence-electron chi connectivity index (χ0n) is 19.6. The second-order valence-corrected chi connectivity index (χ2v) is 14.5. The number of carbonyl (C=O) groups excluding carboxylic acids is 1.